The lowest BCUT2D eigenvalue weighted by Crippen LogP contribution is -2.43. The topological polar surface area (TPSA) is 83.9 Å². The fourth-order valence-electron chi connectivity index (χ4n) is 3.01. The van der Waals surface area contributed by atoms with Gasteiger partial charge in [-0.05, 0) is 45.7 Å². The molecule has 1 fully saturated rings. The molecule has 146 valence electrons. The van der Waals surface area contributed by atoms with Gasteiger partial charge in [-0.3, -0.25) is 0 Å². The van der Waals surface area contributed by atoms with Crippen LogP contribution in [0.3, 0.4) is 0 Å². The van der Waals surface area contributed by atoms with Crippen LogP contribution in [0.1, 0.15) is 44.7 Å². The molecular formula is C17H23F2NO5S. The number of rotatable bonds is 6. The minimum absolute atomic E-state index is 0.00438. The maximum Gasteiger partial charge on any atom is 0.329 e. The molecule has 0 aromatic heterocycles. The second kappa shape index (κ2) is 7.58. The number of sulfonamides is 1. The van der Waals surface area contributed by atoms with Crippen molar-refractivity contribution in [1.29, 1.82) is 0 Å². The monoisotopic (exact) mass is 391 g/mol. The SMILES string of the molecule is C[C@H]1CCCS(=O)(=O)N1Cc1cc(F)c(C(C)(C)OCC(=O)O)cc1F. The summed E-state index contributed by atoms with van der Waals surface area (Å²) in [4.78, 5) is 10.6. The Bertz CT molecular complexity index is 795. The molecule has 1 saturated heterocycles. The van der Waals surface area contributed by atoms with Gasteiger partial charge in [0.05, 0.1) is 11.4 Å². The molecule has 1 aliphatic heterocycles. The Kier molecular flexibility index (Phi) is 6.04. The average molecular weight is 391 g/mol. The number of carbonyl (C=O) groups is 1. The lowest BCUT2D eigenvalue weighted by molar-refractivity contribution is -0.148. The maximum atomic E-state index is 14.5. The van der Waals surface area contributed by atoms with Crippen LogP contribution in [0.4, 0.5) is 8.78 Å². The van der Waals surface area contributed by atoms with Crippen molar-refractivity contribution in [3.05, 3.63) is 34.9 Å². The van der Waals surface area contributed by atoms with E-state index in [1.807, 2.05) is 0 Å². The molecule has 0 unspecified atom stereocenters. The van der Waals surface area contributed by atoms with Crippen molar-refractivity contribution in [2.45, 2.75) is 51.8 Å². The summed E-state index contributed by atoms with van der Waals surface area (Å²) in [5.41, 5.74) is -1.56. The van der Waals surface area contributed by atoms with Gasteiger partial charge in [0, 0.05) is 23.7 Å². The zero-order valence-corrected chi connectivity index (χ0v) is 15.8. The average Bonchev–Trinajstić information content (AvgIpc) is 2.51. The molecule has 1 aromatic rings. The summed E-state index contributed by atoms with van der Waals surface area (Å²) >= 11 is 0. The molecule has 1 aromatic carbocycles. The smallest absolute Gasteiger partial charge is 0.329 e. The van der Waals surface area contributed by atoms with Gasteiger partial charge in [-0.25, -0.2) is 22.0 Å². The van der Waals surface area contributed by atoms with E-state index in [-0.39, 0.29) is 29.5 Å². The first-order chi connectivity index (χ1) is 11.9. The third kappa shape index (κ3) is 4.57. The Hall–Kier alpha value is -1.58. The molecule has 0 aliphatic carbocycles. The minimum atomic E-state index is -3.50. The van der Waals surface area contributed by atoms with Crippen LogP contribution in [-0.2, 0) is 31.7 Å². The number of benzene rings is 1. The van der Waals surface area contributed by atoms with Crippen molar-refractivity contribution in [2.75, 3.05) is 12.4 Å². The molecule has 26 heavy (non-hydrogen) atoms. The summed E-state index contributed by atoms with van der Waals surface area (Å²) in [6.07, 6.45) is 1.21. The molecule has 0 bridgehead atoms. The van der Waals surface area contributed by atoms with Crippen molar-refractivity contribution < 1.29 is 31.8 Å². The van der Waals surface area contributed by atoms with Crippen LogP contribution in [0.25, 0.3) is 0 Å². The highest BCUT2D eigenvalue weighted by molar-refractivity contribution is 7.89. The van der Waals surface area contributed by atoms with Crippen LogP contribution >= 0.6 is 0 Å². The van der Waals surface area contributed by atoms with Crippen LogP contribution in [0.2, 0.25) is 0 Å². The fourth-order valence-corrected chi connectivity index (χ4v) is 4.76. The molecule has 0 amide bonds. The van der Waals surface area contributed by atoms with Gasteiger partial charge in [0.15, 0.2) is 0 Å². The number of aliphatic carboxylic acids is 1. The van der Waals surface area contributed by atoms with Crippen LogP contribution in [0.5, 0.6) is 0 Å². The number of carboxylic acid groups (broad SMARTS) is 1. The predicted octanol–water partition coefficient (Wildman–Crippen LogP) is 2.62. The summed E-state index contributed by atoms with van der Waals surface area (Å²) in [5.74, 6) is -2.77. The number of ether oxygens (including phenoxy) is 1. The van der Waals surface area contributed by atoms with E-state index in [0.717, 1.165) is 12.1 Å². The van der Waals surface area contributed by atoms with Gasteiger partial charge in [0.1, 0.15) is 18.2 Å². The number of nitrogens with zero attached hydrogens (tertiary/aromatic N) is 1. The first-order valence-electron chi connectivity index (χ1n) is 8.27. The molecule has 1 atom stereocenters. The summed E-state index contributed by atoms with van der Waals surface area (Å²) in [5, 5.41) is 8.69. The van der Waals surface area contributed by atoms with E-state index < -0.39 is 39.8 Å². The van der Waals surface area contributed by atoms with Crippen LogP contribution < -0.4 is 0 Å². The Morgan fingerprint density at radius 1 is 1.35 bits per heavy atom. The summed E-state index contributed by atoms with van der Waals surface area (Å²) in [6, 6.07) is 1.60. The standard InChI is InChI=1S/C17H23F2NO5S/c1-11-5-4-6-26(23,24)20(11)9-12-7-15(19)13(8-14(12)18)17(2,3)25-10-16(21)22/h7-8,11H,4-6,9-10H2,1-3H3,(H,21,22)/t11-/m0/s1. The lowest BCUT2D eigenvalue weighted by Gasteiger charge is -2.33. The second-order valence-electron chi connectivity index (χ2n) is 6.97. The van der Waals surface area contributed by atoms with Crippen molar-refractivity contribution in [1.82, 2.24) is 4.31 Å². The van der Waals surface area contributed by atoms with Crippen molar-refractivity contribution in [3.63, 3.8) is 0 Å². The summed E-state index contributed by atoms with van der Waals surface area (Å²) < 4.78 is 59.8. The number of carboxylic acids is 1. The van der Waals surface area contributed by atoms with E-state index in [1.165, 1.54) is 18.2 Å². The Morgan fingerprint density at radius 2 is 2.00 bits per heavy atom. The maximum absolute atomic E-state index is 14.5. The fraction of sp³-hybridized carbons (Fsp3) is 0.588. The molecule has 1 aliphatic rings. The lowest BCUT2D eigenvalue weighted by atomic mass is 9.95. The van der Waals surface area contributed by atoms with E-state index in [1.54, 1.807) is 6.92 Å². The van der Waals surface area contributed by atoms with Crippen molar-refractivity contribution >= 4 is 16.0 Å². The quantitative estimate of drug-likeness (QED) is 0.806. The molecule has 0 spiro atoms. The first-order valence-corrected chi connectivity index (χ1v) is 9.88. The van der Waals surface area contributed by atoms with E-state index in [9.17, 15) is 22.0 Å². The number of hydrogen-bond donors (Lipinski definition) is 1. The Labute approximate surface area is 151 Å². The summed E-state index contributed by atoms with van der Waals surface area (Å²) in [7, 11) is -3.50. The molecule has 6 nitrogen and oxygen atoms in total. The van der Waals surface area contributed by atoms with E-state index in [0.29, 0.717) is 12.8 Å². The van der Waals surface area contributed by atoms with Crippen molar-refractivity contribution in [3.8, 4) is 0 Å². The second-order valence-corrected chi connectivity index (χ2v) is 9.01. The van der Waals surface area contributed by atoms with E-state index >= 15 is 0 Å². The normalized spacial score (nSPS) is 20.9. The zero-order chi connectivity index (χ0) is 19.7. The third-order valence-corrected chi connectivity index (χ3v) is 6.55. The van der Waals surface area contributed by atoms with Crippen LogP contribution in [-0.4, -0.2) is 42.2 Å². The molecule has 1 N–H and O–H groups in total. The molecule has 0 radical (unpaired) electrons. The van der Waals surface area contributed by atoms with Gasteiger partial charge < -0.3 is 9.84 Å². The van der Waals surface area contributed by atoms with Gasteiger partial charge in [-0.1, -0.05) is 0 Å². The van der Waals surface area contributed by atoms with Crippen molar-refractivity contribution in [2.24, 2.45) is 0 Å². The molecule has 1 heterocycles. The van der Waals surface area contributed by atoms with Gasteiger partial charge in [-0.15, -0.1) is 0 Å². The number of hydrogen-bond acceptors (Lipinski definition) is 4. The van der Waals surface area contributed by atoms with Gasteiger partial charge >= 0.3 is 5.97 Å². The van der Waals surface area contributed by atoms with Gasteiger partial charge in [0.25, 0.3) is 0 Å². The van der Waals surface area contributed by atoms with Gasteiger partial charge in [-0.2, -0.15) is 4.31 Å². The van der Waals surface area contributed by atoms with Crippen LogP contribution in [0, 0.1) is 11.6 Å². The van der Waals surface area contributed by atoms with Gasteiger partial charge in [0.2, 0.25) is 10.0 Å². The first kappa shape index (κ1) is 20.7. The molecule has 9 heteroatoms. The molecular weight excluding hydrogens is 368 g/mol. The summed E-state index contributed by atoms with van der Waals surface area (Å²) in [6.45, 7) is 3.71. The zero-order valence-electron chi connectivity index (χ0n) is 15.0. The third-order valence-electron chi connectivity index (χ3n) is 4.54. The Balaban J connectivity index is 2.30. The highest BCUT2D eigenvalue weighted by Crippen LogP contribution is 2.31. The van der Waals surface area contributed by atoms with Crippen LogP contribution in [0.15, 0.2) is 12.1 Å². The predicted molar refractivity (Wildman–Crippen MR) is 91.0 cm³/mol. The largest absolute Gasteiger partial charge is 0.480 e. The van der Waals surface area contributed by atoms with E-state index in [2.05, 4.69) is 0 Å². The Morgan fingerprint density at radius 3 is 2.58 bits per heavy atom. The highest BCUT2D eigenvalue weighted by atomic mass is 32.2. The highest BCUT2D eigenvalue weighted by Gasteiger charge is 2.33. The molecule has 2 rings (SSSR count). The van der Waals surface area contributed by atoms with E-state index in [4.69, 9.17) is 9.84 Å². The minimum Gasteiger partial charge on any atom is -0.480 e. The molecule has 0 saturated carbocycles. The number of halogens is 2.